The van der Waals surface area contributed by atoms with Crippen molar-refractivity contribution in [2.75, 3.05) is 20.1 Å². The van der Waals surface area contributed by atoms with Gasteiger partial charge in [0.15, 0.2) is 0 Å². The van der Waals surface area contributed by atoms with E-state index in [-0.39, 0.29) is 0 Å². The minimum atomic E-state index is 0.767. The molecule has 2 saturated carbocycles. The minimum absolute atomic E-state index is 0.767. The van der Waals surface area contributed by atoms with Crippen molar-refractivity contribution >= 4 is 0 Å². The van der Waals surface area contributed by atoms with Crippen LogP contribution in [0.15, 0.2) is 0 Å². The quantitative estimate of drug-likeness (QED) is 0.825. The fourth-order valence-electron chi connectivity index (χ4n) is 4.22. The van der Waals surface area contributed by atoms with E-state index in [4.69, 9.17) is 0 Å². The smallest absolute Gasteiger partial charge is 0.0197 e. The Kier molecular flexibility index (Phi) is 3.95. The Hall–Kier alpha value is -0.0800. The van der Waals surface area contributed by atoms with Gasteiger partial charge in [-0.2, -0.15) is 0 Å². The standard InChI is InChI=1S/C16H30N2/c1-12-9-14(12)10-18(2)11-15-8-7-13-5-3-4-6-16(13)17-15/h12-17H,3-11H2,1-2H3. The molecule has 5 atom stereocenters. The van der Waals surface area contributed by atoms with Crippen LogP contribution in [0.5, 0.6) is 0 Å². The molecule has 1 heterocycles. The lowest BCUT2D eigenvalue weighted by Crippen LogP contribution is -2.52. The number of likely N-dealkylation sites (N-methyl/N-ethyl adjacent to an activating group) is 1. The lowest BCUT2D eigenvalue weighted by molar-refractivity contribution is 0.151. The van der Waals surface area contributed by atoms with Crippen LogP contribution < -0.4 is 5.32 Å². The van der Waals surface area contributed by atoms with Gasteiger partial charge in [-0.3, -0.25) is 0 Å². The van der Waals surface area contributed by atoms with E-state index in [0.29, 0.717) is 0 Å². The normalized spacial score (nSPS) is 43.8. The van der Waals surface area contributed by atoms with Crippen molar-refractivity contribution in [3.05, 3.63) is 0 Å². The van der Waals surface area contributed by atoms with E-state index in [1.807, 2.05) is 0 Å². The number of nitrogens with one attached hydrogen (secondary N) is 1. The van der Waals surface area contributed by atoms with E-state index in [1.165, 1.54) is 58.0 Å². The summed E-state index contributed by atoms with van der Waals surface area (Å²) in [6.07, 6.45) is 10.2. The third-order valence-corrected chi connectivity index (χ3v) is 5.60. The van der Waals surface area contributed by atoms with Crippen molar-refractivity contribution in [3.8, 4) is 0 Å². The topological polar surface area (TPSA) is 15.3 Å². The molecule has 2 nitrogen and oxygen atoms in total. The second kappa shape index (κ2) is 5.50. The van der Waals surface area contributed by atoms with E-state index in [2.05, 4.69) is 24.2 Å². The summed E-state index contributed by atoms with van der Waals surface area (Å²) in [5.41, 5.74) is 0. The number of nitrogens with zero attached hydrogens (tertiary/aromatic N) is 1. The van der Waals surface area contributed by atoms with Crippen molar-refractivity contribution in [3.63, 3.8) is 0 Å². The Morgan fingerprint density at radius 2 is 1.83 bits per heavy atom. The Morgan fingerprint density at radius 3 is 2.61 bits per heavy atom. The maximum Gasteiger partial charge on any atom is 0.0197 e. The third kappa shape index (κ3) is 3.08. The van der Waals surface area contributed by atoms with Gasteiger partial charge in [-0.05, 0) is 56.9 Å². The molecule has 18 heavy (non-hydrogen) atoms. The molecule has 1 N–H and O–H groups in total. The average Bonchev–Trinajstić information content (AvgIpc) is 3.04. The highest BCUT2D eigenvalue weighted by atomic mass is 15.1. The summed E-state index contributed by atoms with van der Waals surface area (Å²) in [6.45, 7) is 4.99. The summed E-state index contributed by atoms with van der Waals surface area (Å²) in [7, 11) is 2.32. The molecule has 0 aromatic rings. The van der Waals surface area contributed by atoms with Crippen LogP contribution in [0.25, 0.3) is 0 Å². The van der Waals surface area contributed by atoms with Crippen LogP contribution in [-0.2, 0) is 0 Å². The molecule has 104 valence electrons. The molecule has 0 aromatic heterocycles. The van der Waals surface area contributed by atoms with Gasteiger partial charge in [-0.1, -0.05) is 19.8 Å². The first kappa shape index (κ1) is 12.9. The summed E-state index contributed by atoms with van der Waals surface area (Å²) in [6, 6.07) is 1.62. The van der Waals surface area contributed by atoms with Crippen LogP contribution in [0, 0.1) is 17.8 Å². The molecule has 5 unspecified atom stereocenters. The van der Waals surface area contributed by atoms with Crippen molar-refractivity contribution in [2.45, 2.75) is 64.0 Å². The van der Waals surface area contributed by atoms with Gasteiger partial charge in [0.2, 0.25) is 0 Å². The summed E-state index contributed by atoms with van der Waals surface area (Å²) in [5, 5.41) is 3.95. The molecule has 0 radical (unpaired) electrons. The zero-order valence-corrected chi connectivity index (χ0v) is 12.2. The Labute approximate surface area is 113 Å². The summed E-state index contributed by atoms with van der Waals surface area (Å²) in [5.74, 6) is 3.00. The highest BCUT2D eigenvalue weighted by Crippen LogP contribution is 2.38. The van der Waals surface area contributed by atoms with Gasteiger partial charge in [-0.25, -0.2) is 0 Å². The Bertz CT molecular complexity index is 278. The SMILES string of the molecule is CC1CC1CN(C)CC1CCC2CCCCC2N1. The first-order valence-corrected chi connectivity index (χ1v) is 8.17. The molecule has 0 spiro atoms. The molecule has 1 aliphatic heterocycles. The molecule has 1 saturated heterocycles. The highest BCUT2D eigenvalue weighted by Gasteiger charge is 2.35. The van der Waals surface area contributed by atoms with Crippen LogP contribution in [0.4, 0.5) is 0 Å². The molecule has 0 bridgehead atoms. The van der Waals surface area contributed by atoms with E-state index >= 15 is 0 Å². The van der Waals surface area contributed by atoms with Crippen molar-refractivity contribution < 1.29 is 0 Å². The van der Waals surface area contributed by atoms with Crippen LogP contribution in [0.3, 0.4) is 0 Å². The fraction of sp³-hybridized carbons (Fsp3) is 1.00. The predicted molar refractivity (Wildman–Crippen MR) is 76.7 cm³/mol. The maximum atomic E-state index is 3.95. The number of hydrogen-bond donors (Lipinski definition) is 1. The molecule has 3 aliphatic rings. The number of piperidine rings is 1. The van der Waals surface area contributed by atoms with Crippen LogP contribution in [0.2, 0.25) is 0 Å². The van der Waals surface area contributed by atoms with Crippen molar-refractivity contribution in [1.29, 1.82) is 0 Å². The minimum Gasteiger partial charge on any atom is -0.310 e. The number of hydrogen-bond acceptors (Lipinski definition) is 2. The molecule has 0 aromatic carbocycles. The second-order valence-electron chi connectivity index (χ2n) is 7.29. The lowest BCUT2D eigenvalue weighted by Gasteiger charge is -2.41. The third-order valence-electron chi connectivity index (χ3n) is 5.60. The van der Waals surface area contributed by atoms with E-state index < -0.39 is 0 Å². The first-order valence-electron chi connectivity index (χ1n) is 8.17. The predicted octanol–water partition coefficient (Wildman–Crippen LogP) is 2.89. The van der Waals surface area contributed by atoms with E-state index in [0.717, 1.165) is 29.8 Å². The Morgan fingerprint density at radius 1 is 1.06 bits per heavy atom. The second-order valence-corrected chi connectivity index (χ2v) is 7.29. The molecule has 0 amide bonds. The van der Waals surface area contributed by atoms with Gasteiger partial charge in [0.1, 0.15) is 0 Å². The van der Waals surface area contributed by atoms with Gasteiger partial charge >= 0.3 is 0 Å². The molecule has 2 heteroatoms. The highest BCUT2D eigenvalue weighted by molar-refractivity contribution is 4.91. The molecule has 2 aliphatic carbocycles. The zero-order valence-electron chi connectivity index (χ0n) is 12.2. The van der Waals surface area contributed by atoms with E-state index in [1.54, 1.807) is 0 Å². The van der Waals surface area contributed by atoms with E-state index in [9.17, 15) is 0 Å². The Balaban J connectivity index is 1.42. The van der Waals surface area contributed by atoms with Gasteiger partial charge in [-0.15, -0.1) is 0 Å². The summed E-state index contributed by atoms with van der Waals surface area (Å²) < 4.78 is 0. The molecular formula is C16H30N2. The van der Waals surface area contributed by atoms with Gasteiger partial charge in [0.05, 0.1) is 0 Å². The van der Waals surface area contributed by atoms with Gasteiger partial charge < -0.3 is 10.2 Å². The van der Waals surface area contributed by atoms with Gasteiger partial charge in [0, 0.05) is 25.2 Å². The average molecular weight is 250 g/mol. The zero-order chi connectivity index (χ0) is 12.5. The largest absolute Gasteiger partial charge is 0.310 e. The lowest BCUT2D eigenvalue weighted by atomic mass is 9.78. The van der Waals surface area contributed by atoms with Crippen LogP contribution in [-0.4, -0.2) is 37.1 Å². The summed E-state index contributed by atoms with van der Waals surface area (Å²) >= 11 is 0. The first-order chi connectivity index (χ1) is 8.72. The molecule has 3 rings (SSSR count). The fourth-order valence-corrected chi connectivity index (χ4v) is 4.22. The molecular weight excluding hydrogens is 220 g/mol. The maximum absolute atomic E-state index is 3.95. The number of rotatable bonds is 4. The van der Waals surface area contributed by atoms with Crippen molar-refractivity contribution in [1.82, 2.24) is 10.2 Å². The summed E-state index contributed by atoms with van der Waals surface area (Å²) in [4.78, 5) is 2.58. The number of fused-ring (bicyclic) bond motifs is 1. The van der Waals surface area contributed by atoms with Gasteiger partial charge in [0.25, 0.3) is 0 Å². The molecule has 3 fully saturated rings. The van der Waals surface area contributed by atoms with Crippen LogP contribution >= 0.6 is 0 Å². The van der Waals surface area contributed by atoms with Crippen LogP contribution in [0.1, 0.15) is 51.9 Å². The monoisotopic (exact) mass is 250 g/mol. The van der Waals surface area contributed by atoms with Crippen molar-refractivity contribution in [2.24, 2.45) is 17.8 Å².